The van der Waals surface area contributed by atoms with Crippen LogP contribution >= 0.6 is 0 Å². The van der Waals surface area contributed by atoms with E-state index >= 15 is 0 Å². The van der Waals surface area contributed by atoms with Gasteiger partial charge >= 0.3 is 0 Å². The van der Waals surface area contributed by atoms with Crippen LogP contribution < -0.4 is 0 Å². The van der Waals surface area contributed by atoms with Gasteiger partial charge in [0.1, 0.15) is 11.3 Å². The van der Waals surface area contributed by atoms with E-state index in [4.69, 9.17) is 4.42 Å². The summed E-state index contributed by atoms with van der Waals surface area (Å²) in [5, 5.41) is 10.2. The van der Waals surface area contributed by atoms with Gasteiger partial charge < -0.3 is 9.52 Å². The van der Waals surface area contributed by atoms with Crippen molar-refractivity contribution in [2.45, 2.75) is 19.4 Å². The Bertz CT molecular complexity index is 698. The summed E-state index contributed by atoms with van der Waals surface area (Å²) in [4.78, 5) is 4.30. The summed E-state index contributed by atoms with van der Waals surface area (Å²) in [6.45, 7) is 1.79. The van der Waals surface area contributed by atoms with Crippen LogP contribution in [0.15, 0.2) is 46.9 Å². The molecule has 1 aromatic heterocycles. The van der Waals surface area contributed by atoms with Gasteiger partial charge in [-0.1, -0.05) is 18.2 Å². The number of oxazole rings is 1. The van der Waals surface area contributed by atoms with Gasteiger partial charge in [-0.05, 0) is 42.3 Å². The van der Waals surface area contributed by atoms with Gasteiger partial charge in [0.25, 0.3) is 0 Å². The number of aliphatic hydroxyl groups excluding tert-OH is 1. The van der Waals surface area contributed by atoms with Gasteiger partial charge in [0.05, 0.1) is 12.5 Å². The molecule has 0 saturated carbocycles. The van der Waals surface area contributed by atoms with Crippen LogP contribution in [-0.4, -0.2) is 10.1 Å². The molecule has 0 saturated heterocycles. The summed E-state index contributed by atoms with van der Waals surface area (Å²) >= 11 is 0. The van der Waals surface area contributed by atoms with Crippen LogP contribution in [0.3, 0.4) is 0 Å². The molecular weight excluding hydrogens is 257 g/mol. The third-order valence-electron chi connectivity index (χ3n) is 3.16. The molecule has 2 aromatic carbocycles. The first-order chi connectivity index (χ1) is 9.61. The topological polar surface area (TPSA) is 46.3 Å². The lowest BCUT2D eigenvalue weighted by molar-refractivity contribution is 0.169. The fourth-order valence-corrected chi connectivity index (χ4v) is 2.25. The van der Waals surface area contributed by atoms with Crippen molar-refractivity contribution >= 4 is 11.1 Å². The Hall–Kier alpha value is -2.20. The van der Waals surface area contributed by atoms with Crippen molar-refractivity contribution in [3.05, 3.63) is 65.3 Å². The number of hydrogen-bond donors (Lipinski definition) is 1. The second-order valence-corrected chi connectivity index (χ2v) is 4.86. The number of rotatable bonds is 3. The Kier molecular flexibility index (Phi) is 3.24. The molecule has 0 amide bonds. The molecule has 1 heterocycles. The Morgan fingerprint density at radius 2 is 2.05 bits per heavy atom. The van der Waals surface area contributed by atoms with Gasteiger partial charge in [-0.3, -0.25) is 0 Å². The third-order valence-corrected chi connectivity index (χ3v) is 3.16. The molecule has 0 radical (unpaired) electrons. The fourth-order valence-electron chi connectivity index (χ4n) is 2.25. The molecule has 4 heteroatoms. The maximum Gasteiger partial charge on any atom is 0.198 e. The number of aliphatic hydroxyl groups is 1. The van der Waals surface area contributed by atoms with Crippen molar-refractivity contribution in [3.63, 3.8) is 0 Å². The summed E-state index contributed by atoms with van der Waals surface area (Å²) in [5.74, 6) is 0.0947. The van der Waals surface area contributed by atoms with Crippen LogP contribution in [0.4, 0.5) is 4.39 Å². The smallest absolute Gasteiger partial charge is 0.198 e. The van der Waals surface area contributed by atoms with Crippen molar-refractivity contribution in [3.8, 4) is 0 Å². The molecule has 1 N–H and O–H groups in total. The predicted molar refractivity (Wildman–Crippen MR) is 73.8 cm³/mol. The Morgan fingerprint density at radius 1 is 1.25 bits per heavy atom. The van der Waals surface area contributed by atoms with E-state index in [1.807, 2.05) is 24.3 Å². The predicted octanol–water partition coefficient (Wildman–Crippen LogP) is 3.55. The second kappa shape index (κ2) is 5.06. The molecule has 0 aliphatic rings. The molecule has 0 spiro atoms. The average Bonchev–Trinajstić information content (AvgIpc) is 2.79. The van der Waals surface area contributed by atoms with Gasteiger partial charge in [0.2, 0.25) is 0 Å². The van der Waals surface area contributed by atoms with E-state index < -0.39 is 6.10 Å². The number of nitrogens with zero attached hydrogens (tertiary/aromatic N) is 1. The molecule has 0 aliphatic carbocycles. The van der Waals surface area contributed by atoms with Crippen molar-refractivity contribution in [2.75, 3.05) is 0 Å². The molecule has 0 bridgehead atoms. The highest BCUT2D eigenvalue weighted by molar-refractivity contribution is 5.72. The van der Waals surface area contributed by atoms with E-state index in [2.05, 4.69) is 4.98 Å². The van der Waals surface area contributed by atoms with Crippen LogP contribution in [0, 0.1) is 12.7 Å². The lowest BCUT2D eigenvalue weighted by Gasteiger charge is -2.09. The zero-order valence-corrected chi connectivity index (χ0v) is 11.0. The van der Waals surface area contributed by atoms with E-state index in [-0.39, 0.29) is 12.2 Å². The molecule has 3 nitrogen and oxygen atoms in total. The minimum Gasteiger partial charge on any atom is -0.441 e. The van der Waals surface area contributed by atoms with E-state index in [1.165, 1.54) is 12.1 Å². The monoisotopic (exact) mass is 271 g/mol. The summed E-state index contributed by atoms with van der Waals surface area (Å²) in [6.07, 6.45) is -0.616. The van der Waals surface area contributed by atoms with Crippen LogP contribution in [0.5, 0.6) is 0 Å². The first-order valence-electron chi connectivity index (χ1n) is 6.41. The SMILES string of the molecule is Cc1cc(F)cc(C(O)Cc2nc3ccccc3o2)c1. The van der Waals surface area contributed by atoms with Gasteiger partial charge in [-0.25, -0.2) is 9.37 Å². The van der Waals surface area contributed by atoms with E-state index in [1.54, 1.807) is 13.0 Å². The Morgan fingerprint density at radius 3 is 2.80 bits per heavy atom. The quantitative estimate of drug-likeness (QED) is 0.792. The maximum absolute atomic E-state index is 13.3. The first kappa shape index (κ1) is 12.8. The standard InChI is InChI=1S/C16H14FNO2/c1-10-6-11(8-12(17)7-10)14(19)9-16-18-13-4-2-3-5-15(13)20-16/h2-8,14,19H,9H2,1H3. The third kappa shape index (κ3) is 2.56. The number of benzene rings is 2. The van der Waals surface area contributed by atoms with Crippen molar-refractivity contribution in [1.82, 2.24) is 4.98 Å². The summed E-state index contributed by atoms with van der Waals surface area (Å²) in [6, 6.07) is 11.9. The first-order valence-corrected chi connectivity index (χ1v) is 6.41. The van der Waals surface area contributed by atoms with Gasteiger partial charge in [-0.2, -0.15) is 0 Å². The van der Waals surface area contributed by atoms with E-state index in [0.717, 1.165) is 11.1 Å². The van der Waals surface area contributed by atoms with Gasteiger partial charge in [0, 0.05) is 0 Å². The van der Waals surface area contributed by atoms with Crippen LogP contribution in [0.2, 0.25) is 0 Å². The van der Waals surface area contributed by atoms with Crippen LogP contribution in [0.1, 0.15) is 23.1 Å². The molecule has 1 atom stereocenters. The fraction of sp³-hybridized carbons (Fsp3) is 0.188. The number of aryl methyl sites for hydroxylation is 1. The summed E-state index contributed by atoms with van der Waals surface area (Å²) in [5.41, 5.74) is 2.75. The minimum atomic E-state index is -0.836. The molecule has 20 heavy (non-hydrogen) atoms. The molecule has 102 valence electrons. The Labute approximate surface area is 115 Å². The Balaban J connectivity index is 1.86. The van der Waals surface area contributed by atoms with Crippen molar-refractivity contribution in [1.29, 1.82) is 0 Å². The van der Waals surface area contributed by atoms with Gasteiger partial charge in [0.15, 0.2) is 11.5 Å². The normalized spacial score (nSPS) is 12.8. The molecule has 0 aliphatic heterocycles. The summed E-state index contributed by atoms with van der Waals surface area (Å²) < 4.78 is 18.9. The molecule has 3 aromatic rings. The maximum atomic E-state index is 13.3. The van der Waals surface area contributed by atoms with Crippen LogP contribution in [-0.2, 0) is 6.42 Å². The minimum absolute atomic E-state index is 0.220. The number of para-hydroxylation sites is 2. The van der Waals surface area contributed by atoms with E-state index in [9.17, 15) is 9.50 Å². The largest absolute Gasteiger partial charge is 0.441 e. The number of fused-ring (bicyclic) bond motifs is 1. The number of hydrogen-bond acceptors (Lipinski definition) is 3. The zero-order chi connectivity index (χ0) is 14.1. The summed E-state index contributed by atoms with van der Waals surface area (Å²) in [7, 11) is 0. The van der Waals surface area contributed by atoms with Gasteiger partial charge in [-0.15, -0.1) is 0 Å². The van der Waals surface area contributed by atoms with E-state index in [0.29, 0.717) is 17.0 Å². The lowest BCUT2D eigenvalue weighted by Crippen LogP contribution is -2.03. The molecule has 1 unspecified atom stereocenters. The molecule has 3 rings (SSSR count). The second-order valence-electron chi connectivity index (χ2n) is 4.86. The van der Waals surface area contributed by atoms with Crippen molar-refractivity contribution in [2.24, 2.45) is 0 Å². The number of halogens is 1. The molecule has 0 fully saturated rings. The average molecular weight is 271 g/mol. The lowest BCUT2D eigenvalue weighted by atomic mass is 10.0. The molecular formula is C16H14FNO2. The van der Waals surface area contributed by atoms with Crippen LogP contribution in [0.25, 0.3) is 11.1 Å². The highest BCUT2D eigenvalue weighted by Crippen LogP contribution is 2.22. The highest BCUT2D eigenvalue weighted by Gasteiger charge is 2.14. The van der Waals surface area contributed by atoms with Crippen molar-refractivity contribution < 1.29 is 13.9 Å². The number of aromatic nitrogens is 1. The zero-order valence-electron chi connectivity index (χ0n) is 11.0. The highest BCUT2D eigenvalue weighted by atomic mass is 19.1.